The van der Waals surface area contributed by atoms with E-state index in [0.29, 0.717) is 34.0 Å². The molecule has 0 saturated heterocycles. The van der Waals surface area contributed by atoms with Crippen LogP contribution in [0.15, 0.2) is 47.2 Å². The maximum absolute atomic E-state index is 12.2. The second-order valence-electron chi connectivity index (χ2n) is 5.12. The van der Waals surface area contributed by atoms with Gasteiger partial charge in [-0.15, -0.1) is 0 Å². The fourth-order valence-corrected chi connectivity index (χ4v) is 2.91. The van der Waals surface area contributed by atoms with E-state index in [9.17, 15) is 8.42 Å². The molecule has 0 aliphatic rings. The normalized spacial score (nSPS) is 11.9. The molecule has 0 amide bonds. The smallest absolute Gasteiger partial charge is 0.193 e. The van der Waals surface area contributed by atoms with E-state index in [0.717, 1.165) is 10.8 Å². The molecule has 4 N–H and O–H groups in total. The molecule has 0 aliphatic heterocycles. The van der Waals surface area contributed by atoms with E-state index < -0.39 is 9.84 Å². The highest BCUT2D eigenvalue weighted by molar-refractivity contribution is 7.97. The van der Waals surface area contributed by atoms with Gasteiger partial charge >= 0.3 is 0 Å². The Morgan fingerprint density at radius 2 is 1.20 bits per heavy atom. The molecule has 0 heterocycles. The first-order valence-corrected chi connectivity index (χ1v) is 8.95. The standard InChI is InChI=1S/C18H20N2O4S/c1-23-15-7-3-5-13(17(15)19)9-11-25(21,22)12-10-14-6-4-8-16(24-2)18(14)20/h3-12H,19-20H2,1-2H3. The number of anilines is 2. The Balaban J connectivity index is 2.26. The summed E-state index contributed by atoms with van der Waals surface area (Å²) in [5, 5.41) is 2.15. The Hall–Kier alpha value is -2.93. The van der Waals surface area contributed by atoms with Gasteiger partial charge in [0.05, 0.1) is 25.6 Å². The molecule has 2 aromatic carbocycles. The van der Waals surface area contributed by atoms with Crippen LogP contribution in [0.4, 0.5) is 11.4 Å². The number of hydrogen-bond donors (Lipinski definition) is 2. The van der Waals surface area contributed by atoms with Crippen molar-refractivity contribution in [1.82, 2.24) is 0 Å². The molecule has 2 rings (SSSR count). The number of sulfone groups is 1. The van der Waals surface area contributed by atoms with Gasteiger partial charge in [0.1, 0.15) is 11.5 Å². The van der Waals surface area contributed by atoms with E-state index in [1.807, 2.05) is 0 Å². The van der Waals surface area contributed by atoms with Crippen molar-refractivity contribution >= 4 is 33.4 Å². The first-order valence-electron chi connectivity index (χ1n) is 7.34. The molecule has 0 aliphatic carbocycles. The largest absolute Gasteiger partial charge is 0.495 e. The molecule has 6 nitrogen and oxygen atoms in total. The summed E-state index contributed by atoms with van der Waals surface area (Å²) in [4.78, 5) is 0. The first-order chi connectivity index (χ1) is 11.9. The van der Waals surface area contributed by atoms with Gasteiger partial charge in [0.2, 0.25) is 0 Å². The third kappa shape index (κ3) is 4.54. The minimum absolute atomic E-state index is 0.373. The van der Waals surface area contributed by atoms with Gasteiger partial charge in [-0.25, -0.2) is 8.42 Å². The molecule has 0 spiro atoms. The number of para-hydroxylation sites is 2. The first kappa shape index (κ1) is 18.4. The fraction of sp³-hybridized carbons (Fsp3) is 0.111. The summed E-state index contributed by atoms with van der Waals surface area (Å²) in [5.41, 5.74) is 13.7. The highest BCUT2D eigenvalue weighted by Crippen LogP contribution is 2.27. The zero-order valence-corrected chi connectivity index (χ0v) is 14.8. The van der Waals surface area contributed by atoms with Gasteiger partial charge < -0.3 is 20.9 Å². The second-order valence-corrected chi connectivity index (χ2v) is 6.84. The van der Waals surface area contributed by atoms with Gasteiger partial charge in [0, 0.05) is 21.9 Å². The number of benzene rings is 2. The highest BCUT2D eigenvalue weighted by atomic mass is 32.2. The summed E-state index contributed by atoms with van der Waals surface area (Å²) in [7, 11) is -0.610. The predicted octanol–water partition coefficient (Wildman–Crippen LogP) is 2.92. The molecule has 0 radical (unpaired) electrons. The van der Waals surface area contributed by atoms with Gasteiger partial charge in [-0.1, -0.05) is 24.3 Å². The molecule has 0 unspecified atom stereocenters. The van der Waals surface area contributed by atoms with Crippen molar-refractivity contribution in [3.05, 3.63) is 58.3 Å². The topological polar surface area (TPSA) is 105 Å². The molecular formula is C18H20N2O4S. The van der Waals surface area contributed by atoms with Crippen LogP contribution in [0.2, 0.25) is 0 Å². The van der Waals surface area contributed by atoms with Gasteiger partial charge in [-0.2, -0.15) is 0 Å². The Labute approximate surface area is 147 Å². The second kappa shape index (κ2) is 7.76. The molecule has 2 aromatic rings. The van der Waals surface area contributed by atoms with Gasteiger partial charge in [-0.3, -0.25) is 0 Å². The van der Waals surface area contributed by atoms with E-state index in [-0.39, 0.29) is 0 Å². The van der Waals surface area contributed by atoms with Crippen LogP contribution >= 0.6 is 0 Å². The number of nitrogens with two attached hydrogens (primary N) is 2. The summed E-state index contributed by atoms with van der Waals surface area (Å²) in [6, 6.07) is 10.3. The van der Waals surface area contributed by atoms with Crippen molar-refractivity contribution in [2.75, 3.05) is 25.7 Å². The van der Waals surface area contributed by atoms with Crippen molar-refractivity contribution in [3.8, 4) is 11.5 Å². The van der Waals surface area contributed by atoms with Crippen LogP contribution in [0, 0.1) is 0 Å². The SMILES string of the molecule is COc1cccc(C=CS(=O)(=O)C=Cc2cccc(OC)c2N)c1N. The zero-order valence-electron chi connectivity index (χ0n) is 14.0. The van der Waals surface area contributed by atoms with Crippen molar-refractivity contribution in [2.45, 2.75) is 0 Å². The number of nitrogen functional groups attached to an aromatic ring is 2. The summed E-state index contributed by atoms with van der Waals surface area (Å²) >= 11 is 0. The van der Waals surface area contributed by atoms with Crippen molar-refractivity contribution in [3.63, 3.8) is 0 Å². The van der Waals surface area contributed by atoms with E-state index in [1.54, 1.807) is 36.4 Å². The molecule has 0 saturated carbocycles. The van der Waals surface area contributed by atoms with Crippen LogP contribution in [-0.2, 0) is 9.84 Å². The highest BCUT2D eigenvalue weighted by Gasteiger charge is 2.06. The summed E-state index contributed by atoms with van der Waals surface area (Å²) in [6.07, 6.45) is 2.85. The van der Waals surface area contributed by atoms with Crippen LogP contribution in [0.5, 0.6) is 11.5 Å². The quantitative estimate of drug-likeness (QED) is 0.768. The van der Waals surface area contributed by atoms with Gasteiger partial charge in [-0.05, 0) is 24.3 Å². The summed E-state index contributed by atoms with van der Waals surface area (Å²) in [6.45, 7) is 0. The minimum Gasteiger partial charge on any atom is -0.495 e. The minimum atomic E-state index is -3.60. The number of rotatable bonds is 6. The lowest BCUT2D eigenvalue weighted by molar-refractivity contribution is 0.417. The molecule has 7 heteroatoms. The van der Waals surface area contributed by atoms with E-state index in [1.165, 1.54) is 26.4 Å². The Morgan fingerprint density at radius 3 is 1.56 bits per heavy atom. The monoisotopic (exact) mass is 360 g/mol. The third-order valence-electron chi connectivity index (χ3n) is 3.51. The lowest BCUT2D eigenvalue weighted by Crippen LogP contribution is -1.96. The third-order valence-corrected chi connectivity index (χ3v) is 4.54. The Kier molecular flexibility index (Phi) is 5.71. The van der Waals surface area contributed by atoms with E-state index >= 15 is 0 Å². The molecular weight excluding hydrogens is 340 g/mol. The number of ether oxygens (including phenoxy) is 2. The summed E-state index contributed by atoms with van der Waals surface area (Å²) in [5.74, 6) is 0.971. The van der Waals surface area contributed by atoms with E-state index in [4.69, 9.17) is 20.9 Å². The Morgan fingerprint density at radius 1 is 0.800 bits per heavy atom. The average Bonchev–Trinajstić information content (AvgIpc) is 2.60. The van der Waals surface area contributed by atoms with Crippen LogP contribution in [0.1, 0.15) is 11.1 Å². The average molecular weight is 360 g/mol. The number of hydrogen-bond acceptors (Lipinski definition) is 6. The van der Waals surface area contributed by atoms with Gasteiger partial charge in [0.25, 0.3) is 0 Å². The van der Waals surface area contributed by atoms with Gasteiger partial charge in [0.15, 0.2) is 9.84 Å². The number of methoxy groups -OCH3 is 2. The lowest BCUT2D eigenvalue weighted by atomic mass is 10.1. The van der Waals surface area contributed by atoms with Crippen LogP contribution < -0.4 is 20.9 Å². The molecule has 0 bridgehead atoms. The Bertz CT molecular complexity index is 849. The molecule has 0 aromatic heterocycles. The molecule has 0 fully saturated rings. The predicted molar refractivity (Wildman–Crippen MR) is 102 cm³/mol. The van der Waals surface area contributed by atoms with Crippen molar-refractivity contribution < 1.29 is 17.9 Å². The van der Waals surface area contributed by atoms with Crippen molar-refractivity contribution in [2.24, 2.45) is 0 Å². The van der Waals surface area contributed by atoms with Crippen molar-refractivity contribution in [1.29, 1.82) is 0 Å². The maximum atomic E-state index is 12.2. The lowest BCUT2D eigenvalue weighted by Gasteiger charge is -2.06. The molecule has 25 heavy (non-hydrogen) atoms. The van der Waals surface area contributed by atoms with Crippen LogP contribution in [0.3, 0.4) is 0 Å². The fourth-order valence-electron chi connectivity index (χ4n) is 2.15. The molecule has 0 atom stereocenters. The zero-order chi connectivity index (χ0) is 18.4. The van der Waals surface area contributed by atoms with E-state index in [2.05, 4.69) is 0 Å². The van der Waals surface area contributed by atoms with Crippen LogP contribution in [0.25, 0.3) is 12.2 Å². The summed E-state index contributed by atoms with van der Waals surface area (Å²) < 4.78 is 34.6. The molecule has 132 valence electrons. The van der Waals surface area contributed by atoms with Crippen LogP contribution in [-0.4, -0.2) is 22.6 Å². The maximum Gasteiger partial charge on any atom is 0.193 e.